The van der Waals surface area contributed by atoms with Crippen LogP contribution in [0.15, 0.2) is 40.7 Å². The molecule has 3 rings (SSSR count). The van der Waals surface area contributed by atoms with E-state index >= 15 is 0 Å². The maximum absolute atomic E-state index is 4.71. The van der Waals surface area contributed by atoms with E-state index in [1.165, 1.54) is 4.88 Å². The minimum Gasteiger partial charge on any atom is -0.357 e. The third kappa shape index (κ3) is 4.89. The SMILES string of the molecule is CCNC(=NCc1sc(C)nc1C)NCc1nc(-c2ccccc2)cs1. The number of guanidine groups is 1. The van der Waals surface area contributed by atoms with Gasteiger partial charge in [0.25, 0.3) is 0 Å². The molecule has 0 aliphatic rings. The Hall–Kier alpha value is -2.25. The molecule has 0 bridgehead atoms. The standard InChI is InChI=1S/C19H23N5S2/c1-4-20-19(21-10-17-13(2)23-14(3)26-17)22-11-18-24-16(12-25-18)15-8-6-5-7-9-15/h5-9,12H,4,10-11H2,1-3H3,(H2,20,21,22). The summed E-state index contributed by atoms with van der Waals surface area (Å²) in [5, 5.41) is 10.9. The fraction of sp³-hybridized carbons (Fsp3) is 0.316. The molecular weight excluding hydrogens is 362 g/mol. The van der Waals surface area contributed by atoms with Crippen LogP contribution in [-0.2, 0) is 13.1 Å². The molecule has 26 heavy (non-hydrogen) atoms. The zero-order valence-corrected chi connectivity index (χ0v) is 16.9. The molecular formula is C19H23N5S2. The monoisotopic (exact) mass is 385 g/mol. The second-order valence-electron chi connectivity index (χ2n) is 5.78. The summed E-state index contributed by atoms with van der Waals surface area (Å²) < 4.78 is 0. The van der Waals surface area contributed by atoms with Crippen molar-refractivity contribution in [3.05, 3.63) is 56.3 Å². The van der Waals surface area contributed by atoms with Crippen LogP contribution in [0.2, 0.25) is 0 Å². The van der Waals surface area contributed by atoms with Gasteiger partial charge in [-0.3, -0.25) is 0 Å². The van der Waals surface area contributed by atoms with Crippen LogP contribution in [0.3, 0.4) is 0 Å². The van der Waals surface area contributed by atoms with Crippen LogP contribution in [-0.4, -0.2) is 22.5 Å². The fourth-order valence-corrected chi connectivity index (χ4v) is 4.11. The molecule has 0 saturated carbocycles. The first-order valence-corrected chi connectivity index (χ1v) is 10.3. The van der Waals surface area contributed by atoms with Gasteiger partial charge in [0.2, 0.25) is 0 Å². The molecule has 0 saturated heterocycles. The molecule has 0 spiro atoms. The Labute approximate surface area is 162 Å². The van der Waals surface area contributed by atoms with E-state index in [4.69, 9.17) is 4.98 Å². The second-order valence-corrected chi connectivity index (χ2v) is 8.01. The summed E-state index contributed by atoms with van der Waals surface area (Å²) in [4.78, 5) is 15.1. The summed E-state index contributed by atoms with van der Waals surface area (Å²) >= 11 is 3.37. The zero-order chi connectivity index (χ0) is 18.4. The molecule has 1 aromatic carbocycles. The minimum absolute atomic E-state index is 0.639. The van der Waals surface area contributed by atoms with Crippen LogP contribution in [0.4, 0.5) is 0 Å². The number of nitrogens with zero attached hydrogens (tertiary/aromatic N) is 3. The normalized spacial score (nSPS) is 11.6. The minimum atomic E-state index is 0.639. The highest BCUT2D eigenvalue weighted by molar-refractivity contribution is 7.11. The van der Waals surface area contributed by atoms with Crippen LogP contribution in [0.5, 0.6) is 0 Å². The number of hydrogen-bond acceptors (Lipinski definition) is 5. The predicted molar refractivity (Wildman–Crippen MR) is 111 cm³/mol. The van der Waals surface area contributed by atoms with Gasteiger partial charge < -0.3 is 10.6 Å². The van der Waals surface area contributed by atoms with Gasteiger partial charge >= 0.3 is 0 Å². The van der Waals surface area contributed by atoms with Crippen LogP contribution in [0.25, 0.3) is 11.3 Å². The number of aryl methyl sites for hydroxylation is 2. The molecule has 0 amide bonds. The van der Waals surface area contributed by atoms with Crippen LogP contribution >= 0.6 is 22.7 Å². The van der Waals surface area contributed by atoms with E-state index in [1.54, 1.807) is 22.7 Å². The third-order valence-electron chi connectivity index (χ3n) is 3.75. The molecule has 0 aliphatic heterocycles. The summed E-state index contributed by atoms with van der Waals surface area (Å²) in [7, 11) is 0. The van der Waals surface area contributed by atoms with Crippen molar-refractivity contribution in [2.75, 3.05) is 6.54 Å². The zero-order valence-electron chi connectivity index (χ0n) is 15.2. The van der Waals surface area contributed by atoms with E-state index in [0.29, 0.717) is 13.1 Å². The van der Waals surface area contributed by atoms with Crippen molar-refractivity contribution < 1.29 is 0 Å². The Morgan fingerprint density at radius 2 is 1.92 bits per heavy atom. The van der Waals surface area contributed by atoms with E-state index in [9.17, 15) is 0 Å². The van der Waals surface area contributed by atoms with Crippen molar-refractivity contribution in [1.29, 1.82) is 0 Å². The Morgan fingerprint density at radius 1 is 1.12 bits per heavy atom. The molecule has 3 aromatic rings. The van der Waals surface area contributed by atoms with Crippen molar-refractivity contribution in [1.82, 2.24) is 20.6 Å². The summed E-state index contributed by atoms with van der Waals surface area (Å²) in [5.41, 5.74) is 3.23. The Balaban J connectivity index is 1.63. The average molecular weight is 386 g/mol. The summed E-state index contributed by atoms with van der Waals surface area (Å²) in [6.07, 6.45) is 0. The molecule has 0 aliphatic carbocycles. The van der Waals surface area contributed by atoms with E-state index in [0.717, 1.165) is 39.5 Å². The summed E-state index contributed by atoms with van der Waals surface area (Å²) in [6, 6.07) is 10.2. The van der Waals surface area contributed by atoms with E-state index < -0.39 is 0 Å². The maximum Gasteiger partial charge on any atom is 0.191 e. The molecule has 0 unspecified atom stereocenters. The number of thiazole rings is 2. The van der Waals surface area contributed by atoms with E-state index in [-0.39, 0.29) is 0 Å². The number of rotatable bonds is 6. The van der Waals surface area contributed by atoms with Gasteiger partial charge in [-0.05, 0) is 20.8 Å². The van der Waals surface area contributed by atoms with Gasteiger partial charge in [0, 0.05) is 22.4 Å². The van der Waals surface area contributed by atoms with Crippen molar-refractivity contribution in [2.45, 2.75) is 33.9 Å². The van der Waals surface area contributed by atoms with Gasteiger partial charge in [-0.1, -0.05) is 30.3 Å². The predicted octanol–water partition coefficient (Wildman–Crippen LogP) is 4.14. The molecule has 2 N–H and O–H groups in total. The number of nitrogens with one attached hydrogen (secondary N) is 2. The molecule has 2 heterocycles. The smallest absolute Gasteiger partial charge is 0.191 e. The molecule has 0 radical (unpaired) electrons. The molecule has 0 fully saturated rings. The Bertz CT molecular complexity index is 867. The molecule has 5 nitrogen and oxygen atoms in total. The quantitative estimate of drug-likeness (QED) is 0.494. The van der Waals surface area contributed by atoms with Crippen molar-refractivity contribution in [3.8, 4) is 11.3 Å². The molecule has 136 valence electrons. The number of aromatic nitrogens is 2. The van der Waals surface area contributed by atoms with E-state index in [1.807, 2.05) is 32.0 Å². The number of aliphatic imine (C=N–C) groups is 1. The average Bonchev–Trinajstić information content (AvgIpc) is 3.24. The van der Waals surface area contributed by atoms with Crippen LogP contribution in [0.1, 0.15) is 27.5 Å². The Kier molecular flexibility index (Phi) is 6.35. The summed E-state index contributed by atoms with van der Waals surface area (Å²) in [5.74, 6) is 0.800. The van der Waals surface area contributed by atoms with Crippen LogP contribution in [0, 0.1) is 13.8 Å². The second kappa shape index (κ2) is 8.91. The van der Waals surface area contributed by atoms with Gasteiger partial charge in [0.05, 0.1) is 29.5 Å². The Morgan fingerprint density at radius 3 is 2.62 bits per heavy atom. The van der Waals surface area contributed by atoms with E-state index in [2.05, 4.69) is 45.0 Å². The first-order chi connectivity index (χ1) is 12.7. The molecule has 7 heteroatoms. The highest BCUT2D eigenvalue weighted by Crippen LogP contribution is 2.21. The van der Waals surface area contributed by atoms with Crippen LogP contribution < -0.4 is 10.6 Å². The van der Waals surface area contributed by atoms with Crippen molar-refractivity contribution in [3.63, 3.8) is 0 Å². The van der Waals surface area contributed by atoms with Gasteiger partial charge in [0.15, 0.2) is 5.96 Å². The highest BCUT2D eigenvalue weighted by Gasteiger charge is 2.07. The summed E-state index contributed by atoms with van der Waals surface area (Å²) in [6.45, 7) is 8.25. The lowest BCUT2D eigenvalue weighted by molar-refractivity contribution is 0.812. The number of hydrogen-bond donors (Lipinski definition) is 2. The molecule has 0 atom stereocenters. The first kappa shape index (κ1) is 18.5. The van der Waals surface area contributed by atoms with Gasteiger partial charge in [-0.2, -0.15) is 0 Å². The topological polar surface area (TPSA) is 62.2 Å². The third-order valence-corrected chi connectivity index (χ3v) is 5.66. The molecule has 2 aromatic heterocycles. The number of benzene rings is 1. The largest absolute Gasteiger partial charge is 0.357 e. The van der Waals surface area contributed by atoms with Crippen molar-refractivity contribution in [2.24, 2.45) is 4.99 Å². The first-order valence-electron chi connectivity index (χ1n) is 8.60. The van der Waals surface area contributed by atoms with Crippen molar-refractivity contribution >= 4 is 28.6 Å². The van der Waals surface area contributed by atoms with Gasteiger partial charge in [0.1, 0.15) is 5.01 Å². The van der Waals surface area contributed by atoms with Gasteiger partial charge in [-0.25, -0.2) is 15.0 Å². The fourth-order valence-electron chi connectivity index (χ4n) is 2.51. The maximum atomic E-state index is 4.71. The lowest BCUT2D eigenvalue weighted by Gasteiger charge is -2.09. The lowest BCUT2D eigenvalue weighted by Crippen LogP contribution is -2.36. The lowest BCUT2D eigenvalue weighted by atomic mass is 10.2. The highest BCUT2D eigenvalue weighted by atomic mass is 32.1. The van der Waals surface area contributed by atoms with Gasteiger partial charge in [-0.15, -0.1) is 22.7 Å².